The minimum Gasteiger partial charge on any atom is -0.488 e. The maximum atomic E-state index is 9.46. The quantitative estimate of drug-likeness (QED) is 0.134. The lowest BCUT2D eigenvalue weighted by Crippen LogP contribution is -2.39. The van der Waals surface area contributed by atoms with Crippen molar-refractivity contribution in [3.8, 4) is 34.3 Å². The minimum atomic E-state index is -0.861. The van der Waals surface area contributed by atoms with Crippen LogP contribution in [0.2, 0.25) is 0 Å². The maximum Gasteiger partial charge on any atom is 0.205 e. The molecule has 7 nitrogen and oxygen atoms in total. The molecule has 0 atom stereocenters. The standard InChI is InChI=1S/C45H34N6O/c1-2-38-29-43(41-28-33(30-46)24-27-42(41)47-38)52-31-32-22-25-34(26-23-32)39-20-12-13-21-40(39)44-48-50-51(49-44)45(35-14-6-3-7-15-35,36-16-8-4-9-17-36)37-18-10-5-11-19-37/h3-29H,2,31H2,1H3. The van der Waals surface area contributed by atoms with Crippen LogP contribution < -0.4 is 4.74 Å². The molecule has 52 heavy (non-hydrogen) atoms. The Morgan fingerprint density at radius 1 is 0.673 bits per heavy atom. The molecule has 0 saturated carbocycles. The number of nitriles is 1. The van der Waals surface area contributed by atoms with E-state index in [1.165, 1.54) is 0 Å². The van der Waals surface area contributed by atoms with Crippen molar-refractivity contribution < 1.29 is 4.74 Å². The predicted molar refractivity (Wildman–Crippen MR) is 203 cm³/mol. The van der Waals surface area contributed by atoms with Crippen molar-refractivity contribution in [3.05, 3.63) is 197 Å². The molecule has 2 aromatic heterocycles. The van der Waals surface area contributed by atoms with Crippen molar-refractivity contribution in [3.63, 3.8) is 0 Å². The molecule has 0 N–H and O–H groups in total. The van der Waals surface area contributed by atoms with Crippen LogP contribution in [0.3, 0.4) is 0 Å². The first-order valence-corrected chi connectivity index (χ1v) is 17.3. The summed E-state index contributed by atoms with van der Waals surface area (Å²) in [6.07, 6.45) is 0.786. The van der Waals surface area contributed by atoms with E-state index in [0.29, 0.717) is 18.0 Å². The fourth-order valence-electron chi connectivity index (χ4n) is 6.84. The van der Waals surface area contributed by atoms with Crippen molar-refractivity contribution >= 4 is 10.9 Å². The fraction of sp³-hybridized carbons (Fsp3) is 0.0889. The van der Waals surface area contributed by atoms with E-state index in [9.17, 15) is 5.26 Å². The van der Waals surface area contributed by atoms with Gasteiger partial charge in [0.15, 0.2) is 5.54 Å². The van der Waals surface area contributed by atoms with Crippen molar-refractivity contribution in [2.45, 2.75) is 25.5 Å². The molecule has 7 heteroatoms. The van der Waals surface area contributed by atoms with Gasteiger partial charge in [0.1, 0.15) is 12.4 Å². The first-order chi connectivity index (χ1) is 25.7. The summed E-state index contributed by atoms with van der Waals surface area (Å²) in [4.78, 5) is 6.47. The Bertz CT molecular complexity index is 2410. The van der Waals surface area contributed by atoms with Gasteiger partial charge < -0.3 is 4.74 Å². The smallest absolute Gasteiger partial charge is 0.205 e. The molecule has 6 aromatic carbocycles. The summed E-state index contributed by atoms with van der Waals surface area (Å²) in [7, 11) is 0. The molecule has 8 rings (SSSR count). The highest BCUT2D eigenvalue weighted by Gasteiger charge is 2.41. The van der Waals surface area contributed by atoms with Gasteiger partial charge in [0.25, 0.3) is 0 Å². The van der Waals surface area contributed by atoms with Crippen molar-refractivity contribution in [1.82, 2.24) is 25.2 Å². The summed E-state index contributed by atoms with van der Waals surface area (Å²) in [6.45, 7) is 2.44. The second kappa shape index (κ2) is 14.1. The lowest BCUT2D eigenvalue weighted by molar-refractivity contribution is 0.309. The van der Waals surface area contributed by atoms with Crippen LogP contribution in [0.5, 0.6) is 5.75 Å². The van der Waals surface area contributed by atoms with Gasteiger partial charge in [0.05, 0.1) is 17.1 Å². The van der Waals surface area contributed by atoms with Gasteiger partial charge in [0.2, 0.25) is 5.82 Å². The summed E-state index contributed by atoms with van der Waals surface area (Å²) in [5, 5.41) is 24.9. The monoisotopic (exact) mass is 674 g/mol. The minimum absolute atomic E-state index is 0.372. The summed E-state index contributed by atoms with van der Waals surface area (Å²) in [5.41, 5.74) is 8.47. The number of benzene rings is 6. The Labute approximate surface area is 302 Å². The molecule has 0 fully saturated rings. The highest BCUT2D eigenvalue weighted by atomic mass is 16.5. The molecule has 0 bridgehead atoms. The zero-order valence-corrected chi connectivity index (χ0v) is 28.6. The zero-order chi connectivity index (χ0) is 35.3. The van der Waals surface area contributed by atoms with Crippen LogP contribution in [0.15, 0.2) is 164 Å². The Morgan fingerprint density at radius 2 is 1.27 bits per heavy atom. The van der Waals surface area contributed by atoms with Gasteiger partial charge in [0, 0.05) is 22.7 Å². The third kappa shape index (κ3) is 5.97. The lowest BCUT2D eigenvalue weighted by Gasteiger charge is -2.34. The van der Waals surface area contributed by atoms with Crippen LogP contribution in [0.4, 0.5) is 0 Å². The number of nitrogens with zero attached hydrogens (tertiary/aromatic N) is 6. The van der Waals surface area contributed by atoms with Gasteiger partial charge in [-0.2, -0.15) is 5.26 Å². The van der Waals surface area contributed by atoms with Crippen molar-refractivity contribution in [2.24, 2.45) is 0 Å². The van der Waals surface area contributed by atoms with Gasteiger partial charge >= 0.3 is 0 Å². The highest BCUT2D eigenvalue weighted by molar-refractivity contribution is 5.86. The van der Waals surface area contributed by atoms with E-state index in [0.717, 1.165) is 67.7 Å². The molecule has 250 valence electrons. The number of ether oxygens (including phenoxy) is 1. The number of rotatable bonds is 10. The van der Waals surface area contributed by atoms with Gasteiger partial charge in [-0.1, -0.05) is 146 Å². The third-order valence-electron chi connectivity index (χ3n) is 9.43. The van der Waals surface area contributed by atoms with Gasteiger partial charge in [-0.15, -0.1) is 15.0 Å². The summed E-state index contributed by atoms with van der Waals surface area (Å²) in [6, 6.07) is 57.2. The van der Waals surface area contributed by atoms with Gasteiger partial charge in [-0.05, 0) is 63.2 Å². The Balaban J connectivity index is 1.14. The average molecular weight is 675 g/mol. The molecule has 0 amide bonds. The van der Waals surface area contributed by atoms with E-state index in [2.05, 4.69) is 79.7 Å². The van der Waals surface area contributed by atoms with E-state index in [-0.39, 0.29) is 0 Å². The van der Waals surface area contributed by atoms with E-state index >= 15 is 0 Å². The van der Waals surface area contributed by atoms with Crippen molar-refractivity contribution in [1.29, 1.82) is 5.26 Å². The first kappa shape index (κ1) is 32.3. The number of hydrogen-bond donors (Lipinski definition) is 0. The van der Waals surface area contributed by atoms with E-state index in [1.54, 1.807) is 10.9 Å². The highest BCUT2D eigenvalue weighted by Crippen LogP contribution is 2.40. The van der Waals surface area contributed by atoms with E-state index in [1.807, 2.05) is 91.0 Å². The number of aromatic nitrogens is 5. The topological polar surface area (TPSA) is 89.5 Å². The lowest BCUT2D eigenvalue weighted by atomic mass is 9.77. The zero-order valence-electron chi connectivity index (χ0n) is 28.6. The normalized spacial score (nSPS) is 11.3. The molecule has 2 heterocycles. The fourth-order valence-corrected chi connectivity index (χ4v) is 6.84. The second-order valence-electron chi connectivity index (χ2n) is 12.6. The number of pyridine rings is 1. The number of fused-ring (bicyclic) bond motifs is 1. The van der Waals surface area contributed by atoms with Crippen LogP contribution in [0, 0.1) is 11.3 Å². The Morgan fingerprint density at radius 3 is 1.87 bits per heavy atom. The molecule has 0 aliphatic heterocycles. The third-order valence-corrected chi connectivity index (χ3v) is 9.43. The molecule has 0 unspecified atom stereocenters. The molecule has 0 aliphatic carbocycles. The first-order valence-electron chi connectivity index (χ1n) is 17.3. The summed E-state index contributed by atoms with van der Waals surface area (Å²) in [5.74, 6) is 1.25. The average Bonchev–Trinajstić information content (AvgIpc) is 3.72. The van der Waals surface area contributed by atoms with E-state index < -0.39 is 5.54 Å². The van der Waals surface area contributed by atoms with Gasteiger partial charge in [-0.3, -0.25) is 4.98 Å². The van der Waals surface area contributed by atoms with E-state index in [4.69, 9.17) is 25.1 Å². The molecule has 0 spiro atoms. The molecule has 8 aromatic rings. The van der Waals surface area contributed by atoms with Crippen LogP contribution in [0.25, 0.3) is 33.4 Å². The number of aryl methyl sites for hydroxylation is 1. The molecule has 0 radical (unpaired) electrons. The van der Waals surface area contributed by atoms with Crippen LogP contribution in [-0.4, -0.2) is 25.2 Å². The van der Waals surface area contributed by atoms with Crippen LogP contribution >= 0.6 is 0 Å². The molecular formula is C45H34N6O. The molecule has 0 aliphatic rings. The van der Waals surface area contributed by atoms with Crippen LogP contribution in [0.1, 0.15) is 40.4 Å². The largest absolute Gasteiger partial charge is 0.488 e. The van der Waals surface area contributed by atoms with Gasteiger partial charge in [-0.25, -0.2) is 0 Å². The molecule has 0 saturated heterocycles. The van der Waals surface area contributed by atoms with Crippen LogP contribution in [-0.2, 0) is 18.6 Å². The second-order valence-corrected chi connectivity index (χ2v) is 12.6. The Hall–Kier alpha value is -6.91. The molecular weight excluding hydrogens is 641 g/mol. The van der Waals surface area contributed by atoms with Crippen molar-refractivity contribution in [2.75, 3.05) is 0 Å². The summed E-state index contributed by atoms with van der Waals surface area (Å²) < 4.78 is 6.35. The predicted octanol–water partition coefficient (Wildman–Crippen LogP) is 9.41. The number of tetrazole rings is 1. The maximum absolute atomic E-state index is 9.46. The SMILES string of the molecule is CCc1cc(OCc2ccc(-c3ccccc3-c3nnn(C(c4ccccc4)(c4ccccc4)c4ccccc4)n3)cc2)c2cc(C#N)ccc2n1. The summed E-state index contributed by atoms with van der Waals surface area (Å²) >= 11 is 0. The number of hydrogen-bond acceptors (Lipinski definition) is 6. The Kier molecular flexibility index (Phi) is 8.78.